The topological polar surface area (TPSA) is 84.0 Å². The molecular weight excluding hydrogens is 288 g/mol. The number of terminal acetylenes is 1. The molecule has 0 bridgehead atoms. The molecule has 0 saturated carbocycles. The van der Waals surface area contributed by atoms with Gasteiger partial charge in [-0.15, -0.1) is 12.3 Å². The molecule has 21 heavy (non-hydrogen) atoms. The summed E-state index contributed by atoms with van der Waals surface area (Å²) in [6.07, 6.45) is 8.92. The van der Waals surface area contributed by atoms with Crippen molar-refractivity contribution in [2.75, 3.05) is 6.54 Å². The molecule has 1 amide bonds. The van der Waals surface area contributed by atoms with E-state index in [0.717, 1.165) is 16.4 Å². The van der Waals surface area contributed by atoms with E-state index in [1.54, 1.807) is 10.7 Å². The van der Waals surface area contributed by atoms with Crippen molar-refractivity contribution in [3.8, 4) is 12.3 Å². The van der Waals surface area contributed by atoms with E-state index < -0.39 is 0 Å². The first-order valence-electron chi connectivity index (χ1n) is 6.60. The third kappa shape index (κ3) is 2.92. The summed E-state index contributed by atoms with van der Waals surface area (Å²) in [7, 11) is 0. The van der Waals surface area contributed by atoms with Crippen LogP contribution in [0.15, 0.2) is 16.4 Å². The first-order valence-corrected chi connectivity index (χ1v) is 7.42. The molecule has 8 heteroatoms. The lowest BCUT2D eigenvalue weighted by atomic mass is 10.0. The SMILES string of the molecule is C#CCCC1(CCNC(=O)c2cn3nc(C)sc3n2)N=N1. The highest BCUT2D eigenvalue weighted by molar-refractivity contribution is 7.16. The average Bonchev–Trinajstić information content (AvgIpc) is 2.97. The molecule has 0 atom stereocenters. The van der Waals surface area contributed by atoms with Crippen LogP contribution in [0.5, 0.6) is 0 Å². The van der Waals surface area contributed by atoms with Gasteiger partial charge in [-0.3, -0.25) is 4.79 Å². The van der Waals surface area contributed by atoms with Crippen molar-refractivity contribution in [3.05, 3.63) is 16.9 Å². The summed E-state index contributed by atoms with van der Waals surface area (Å²) in [5.41, 5.74) is 0.00320. The molecule has 7 nitrogen and oxygen atoms in total. The summed E-state index contributed by atoms with van der Waals surface area (Å²) in [5.74, 6) is 2.37. The molecule has 1 N–H and O–H groups in total. The van der Waals surface area contributed by atoms with E-state index in [1.165, 1.54) is 11.3 Å². The van der Waals surface area contributed by atoms with Gasteiger partial charge >= 0.3 is 0 Å². The summed E-state index contributed by atoms with van der Waals surface area (Å²) >= 11 is 1.45. The second kappa shape index (κ2) is 5.26. The highest BCUT2D eigenvalue weighted by Crippen LogP contribution is 2.36. The van der Waals surface area contributed by atoms with Crippen molar-refractivity contribution >= 4 is 22.2 Å². The Bertz CT molecular complexity index is 715. The van der Waals surface area contributed by atoms with E-state index in [-0.39, 0.29) is 11.6 Å². The molecule has 0 fully saturated rings. The third-order valence-corrected chi connectivity index (χ3v) is 4.08. The zero-order valence-corrected chi connectivity index (χ0v) is 12.4. The van der Waals surface area contributed by atoms with Crippen molar-refractivity contribution in [1.82, 2.24) is 19.9 Å². The Morgan fingerprint density at radius 1 is 1.52 bits per heavy atom. The van der Waals surface area contributed by atoms with Gasteiger partial charge in [0, 0.05) is 25.8 Å². The molecule has 1 aliphatic heterocycles. The standard InChI is InChI=1S/C13H14N6OS/c1-3-4-5-13(17-18-13)6-7-14-11(20)10-8-19-12(15-10)21-9(2)16-19/h1,8H,4-7H2,2H3,(H,14,20). The maximum atomic E-state index is 12.0. The van der Waals surface area contributed by atoms with Crippen LogP contribution in [0.3, 0.4) is 0 Å². The van der Waals surface area contributed by atoms with E-state index in [0.29, 0.717) is 25.1 Å². The van der Waals surface area contributed by atoms with Gasteiger partial charge in [-0.1, -0.05) is 11.3 Å². The number of nitrogens with one attached hydrogen (secondary N) is 1. The predicted molar refractivity (Wildman–Crippen MR) is 78.2 cm³/mol. The zero-order chi connectivity index (χ0) is 14.9. The van der Waals surface area contributed by atoms with E-state index in [4.69, 9.17) is 6.42 Å². The Labute approximate surface area is 125 Å². The van der Waals surface area contributed by atoms with E-state index in [1.807, 2.05) is 6.92 Å². The normalized spacial score (nSPS) is 15.0. The number of hydrogen-bond acceptors (Lipinski definition) is 6. The number of amides is 1. The van der Waals surface area contributed by atoms with Gasteiger partial charge < -0.3 is 5.32 Å². The van der Waals surface area contributed by atoms with Crippen molar-refractivity contribution in [2.45, 2.75) is 31.8 Å². The summed E-state index contributed by atoms with van der Waals surface area (Å²) < 4.78 is 1.62. The Morgan fingerprint density at radius 2 is 2.33 bits per heavy atom. The van der Waals surface area contributed by atoms with E-state index in [2.05, 4.69) is 31.5 Å². The van der Waals surface area contributed by atoms with Gasteiger partial charge in [0.25, 0.3) is 5.91 Å². The minimum absolute atomic E-state index is 0.210. The molecule has 0 aliphatic carbocycles. The number of carbonyl (C=O) groups excluding carboxylic acids is 1. The van der Waals surface area contributed by atoms with Gasteiger partial charge in [-0.25, -0.2) is 9.50 Å². The first kappa shape index (κ1) is 13.7. The average molecular weight is 302 g/mol. The van der Waals surface area contributed by atoms with Crippen LogP contribution in [0.1, 0.15) is 34.8 Å². The summed E-state index contributed by atoms with van der Waals surface area (Å²) in [6.45, 7) is 2.39. The summed E-state index contributed by atoms with van der Waals surface area (Å²) in [5, 5.41) is 16.0. The fourth-order valence-electron chi connectivity index (χ4n) is 2.04. The largest absolute Gasteiger partial charge is 0.350 e. The second-order valence-electron chi connectivity index (χ2n) is 4.87. The van der Waals surface area contributed by atoms with Crippen LogP contribution in [-0.2, 0) is 0 Å². The minimum atomic E-state index is -0.368. The van der Waals surface area contributed by atoms with Crippen LogP contribution in [0.25, 0.3) is 4.96 Å². The van der Waals surface area contributed by atoms with E-state index in [9.17, 15) is 4.79 Å². The van der Waals surface area contributed by atoms with Crippen molar-refractivity contribution < 1.29 is 4.79 Å². The van der Waals surface area contributed by atoms with Crippen molar-refractivity contribution in [2.24, 2.45) is 10.2 Å². The van der Waals surface area contributed by atoms with Gasteiger partial charge in [0.2, 0.25) is 4.96 Å². The molecule has 0 radical (unpaired) electrons. The van der Waals surface area contributed by atoms with Crippen LogP contribution < -0.4 is 5.32 Å². The summed E-state index contributed by atoms with van der Waals surface area (Å²) in [6, 6.07) is 0. The monoisotopic (exact) mass is 302 g/mol. The zero-order valence-electron chi connectivity index (χ0n) is 11.5. The van der Waals surface area contributed by atoms with Gasteiger partial charge in [-0.05, 0) is 6.92 Å². The van der Waals surface area contributed by atoms with Gasteiger partial charge in [0.15, 0.2) is 5.66 Å². The Balaban J connectivity index is 1.52. The number of hydrogen-bond donors (Lipinski definition) is 1. The van der Waals surface area contributed by atoms with Crippen LogP contribution in [0, 0.1) is 19.3 Å². The fraction of sp³-hybridized carbons (Fsp3) is 0.462. The Morgan fingerprint density at radius 3 is 3.00 bits per heavy atom. The lowest BCUT2D eigenvalue weighted by molar-refractivity contribution is 0.0947. The number of rotatable bonds is 6. The molecule has 2 aromatic heterocycles. The maximum Gasteiger partial charge on any atom is 0.271 e. The lowest BCUT2D eigenvalue weighted by Gasteiger charge is -2.08. The summed E-state index contributed by atoms with van der Waals surface area (Å²) in [4.78, 5) is 17.0. The molecule has 0 aromatic carbocycles. The Hall–Kier alpha value is -2.27. The van der Waals surface area contributed by atoms with Gasteiger partial charge in [0.05, 0.1) is 6.20 Å². The number of nitrogens with zero attached hydrogens (tertiary/aromatic N) is 5. The molecular formula is C13H14N6OS. The Kier molecular flexibility index (Phi) is 3.43. The molecule has 3 heterocycles. The fourth-order valence-corrected chi connectivity index (χ4v) is 2.77. The third-order valence-electron chi connectivity index (χ3n) is 3.24. The molecule has 0 spiro atoms. The first-order chi connectivity index (χ1) is 10.1. The van der Waals surface area contributed by atoms with Gasteiger partial charge in [-0.2, -0.15) is 15.3 Å². The number of aromatic nitrogens is 3. The second-order valence-corrected chi connectivity index (χ2v) is 6.03. The number of aryl methyl sites for hydroxylation is 1. The molecule has 1 aliphatic rings. The predicted octanol–water partition coefficient (Wildman–Crippen LogP) is 1.79. The quantitative estimate of drug-likeness (QED) is 0.826. The minimum Gasteiger partial charge on any atom is -0.350 e. The molecule has 0 saturated heterocycles. The van der Waals surface area contributed by atoms with Crippen LogP contribution in [0.2, 0.25) is 0 Å². The molecule has 2 aromatic rings. The van der Waals surface area contributed by atoms with Crippen LogP contribution in [0.4, 0.5) is 0 Å². The van der Waals surface area contributed by atoms with E-state index >= 15 is 0 Å². The number of fused-ring (bicyclic) bond motifs is 1. The lowest BCUT2D eigenvalue weighted by Crippen LogP contribution is -2.28. The van der Waals surface area contributed by atoms with Crippen molar-refractivity contribution in [3.63, 3.8) is 0 Å². The number of carbonyl (C=O) groups is 1. The smallest absolute Gasteiger partial charge is 0.271 e. The van der Waals surface area contributed by atoms with Crippen LogP contribution in [-0.4, -0.2) is 32.7 Å². The maximum absolute atomic E-state index is 12.0. The van der Waals surface area contributed by atoms with Gasteiger partial charge in [0.1, 0.15) is 10.7 Å². The highest BCUT2D eigenvalue weighted by atomic mass is 32.1. The number of imidazole rings is 1. The molecule has 3 rings (SSSR count). The highest BCUT2D eigenvalue weighted by Gasteiger charge is 2.38. The van der Waals surface area contributed by atoms with Crippen LogP contribution >= 0.6 is 11.3 Å². The van der Waals surface area contributed by atoms with Crippen molar-refractivity contribution in [1.29, 1.82) is 0 Å². The molecule has 0 unspecified atom stereocenters. The molecule has 108 valence electrons.